The van der Waals surface area contributed by atoms with Crippen molar-refractivity contribution in [1.29, 1.82) is 0 Å². The SMILES string of the molecule is NCc1ccccc1Sc1cc(O)ccc1O. The molecule has 0 amide bonds. The van der Waals surface area contributed by atoms with Gasteiger partial charge in [0.05, 0.1) is 4.90 Å². The van der Waals surface area contributed by atoms with Crippen molar-refractivity contribution >= 4 is 11.8 Å². The highest BCUT2D eigenvalue weighted by molar-refractivity contribution is 7.99. The second kappa shape index (κ2) is 5.12. The summed E-state index contributed by atoms with van der Waals surface area (Å²) in [5.74, 6) is 0.287. The van der Waals surface area contributed by atoms with Crippen LogP contribution < -0.4 is 5.73 Å². The molecule has 0 bridgehead atoms. The maximum atomic E-state index is 9.70. The lowest BCUT2D eigenvalue weighted by atomic mass is 10.2. The van der Waals surface area contributed by atoms with Gasteiger partial charge in [-0.05, 0) is 29.8 Å². The summed E-state index contributed by atoms with van der Waals surface area (Å²) in [6.45, 7) is 0.447. The monoisotopic (exact) mass is 247 g/mol. The van der Waals surface area contributed by atoms with E-state index in [0.717, 1.165) is 10.5 Å². The quantitative estimate of drug-likeness (QED) is 0.730. The van der Waals surface area contributed by atoms with Crippen LogP contribution in [0.15, 0.2) is 52.3 Å². The first-order valence-electron chi connectivity index (χ1n) is 5.18. The molecule has 4 heteroatoms. The Kier molecular flexibility index (Phi) is 3.56. The van der Waals surface area contributed by atoms with Crippen LogP contribution >= 0.6 is 11.8 Å². The molecule has 0 aliphatic carbocycles. The molecule has 3 nitrogen and oxygen atoms in total. The van der Waals surface area contributed by atoms with Crippen LogP contribution in [0.1, 0.15) is 5.56 Å². The maximum Gasteiger partial charge on any atom is 0.129 e. The van der Waals surface area contributed by atoms with Crippen LogP contribution in [0.3, 0.4) is 0 Å². The zero-order valence-corrected chi connectivity index (χ0v) is 9.95. The van der Waals surface area contributed by atoms with Gasteiger partial charge >= 0.3 is 0 Å². The van der Waals surface area contributed by atoms with E-state index >= 15 is 0 Å². The van der Waals surface area contributed by atoms with Gasteiger partial charge in [-0.25, -0.2) is 0 Å². The molecule has 2 aromatic rings. The third-order valence-electron chi connectivity index (χ3n) is 2.36. The minimum absolute atomic E-state index is 0.135. The van der Waals surface area contributed by atoms with E-state index in [1.165, 1.54) is 30.0 Å². The number of hydrogen-bond acceptors (Lipinski definition) is 4. The summed E-state index contributed by atoms with van der Waals surface area (Å²) in [6.07, 6.45) is 0. The highest BCUT2D eigenvalue weighted by Crippen LogP contribution is 2.37. The number of phenolic OH excluding ortho intramolecular Hbond substituents is 2. The van der Waals surface area contributed by atoms with Crippen molar-refractivity contribution in [1.82, 2.24) is 0 Å². The summed E-state index contributed by atoms with van der Waals surface area (Å²) in [5.41, 5.74) is 6.66. The Bertz CT molecular complexity index is 529. The van der Waals surface area contributed by atoms with E-state index in [9.17, 15) is 10.2 Å². The Hall–Kier alpha value is -1.65. The summed E-state index contributed by atoms with van der Waals surface area (Å²) in [5, 5.41) is 19.1. The molecular weight excluding hydrogens is 234 g/mol. The van der Waals surface area contributed by atoms with Crippen LogP contribution in [-0.2, 0) is 6.54 Å². The normalized spacial score (nSPS) is 10.4. The number of benzene rings is 2. The van der Waals surface area contributed by atoms with Gasteiger partial charge in [0, 0.05) is 11.4 Å². The molecule has 0 spiro atoms. The van der Waals surface area contributed by atoms with Gasteiger partial charge in [-0.15, -0.1) is 0 Å². The number of aromatic hydroxyl groups is 2. The van der Waals surface area contributed by atoms with Crippen LogP contribution in [-0.4, -0.2) is 10.2 Å². The van der Waals surface area contributed by atoms with Crippen molar-refractivity contribution < 1.29 is 10.2 Å². The van der Waals surface area contributed by atoms with Crippen molar-refractivity contribution in [3.63, 3.8) is 0 Å². The molecule has 0 aliphatic rings. The minimum atomic E-state index is 0.135. The third kappa shape index (κ3) is 2.72. The standard InChI is InChI=1S/C13H13NO2S/c14-8-9-3-1-2-4-12(9)17-13-7-10(15)5-6-11(13)16/h1-7,15-16H,8,14H2. The summed E-state index contributed by atoms with van der Waals surface area (Å²) >= 11 is 1.39. The van der Waals surface area contributed by atoms with Gasteiger partial charge in [-0.3, -0.25) is 0 Å². The van der Waals surface area contributed by atoms with Crippen molar-refractivity contribution in [2.45, 2.75) is 16.3 Å². The molecular formula is C13H13NO2S. The highest BCUT2D eigenvalue weighted by atomic mass is 32.2. The highest BCUT2D eigenvalue weighted by Gasteiger charge is 2.07. The third-order valence-corrected chi connectivity index (χ3v) is 3.52. The molecule has 4 N–H and O–H groups in total. The van der Waals surface area contributed by atoms with Gasteiger partial charge in [0.2, 0.25) is 0 Å². The Labute approximate surface area is 104 Å². The minimum Gasteiger partial charge on any atom is -0.508 e. The first-order chi connectivity index (χ1) is 8.20. The van der Waals surface area contributed by atoms with E-state index in [2.05, 4.69) is 0 Å². The van der Waals surface area contributed by atoms with Gasteiger partial charge in [0.25, 0.3) is 0 Å². The van der Waals surface area contributed by atoms with Crippen molar-refractivity contribution in [3.8, 4) is 11.5 Å². The van der Waals surface area contributed by atoms with Gasteiger partial charge < -0.3 is 15.9 Å². The molecule has 0 aliphatic heterocycles. The predicted octanol–water partition coefficient (Wildman–Crippen LogP) is 2.71. The Balaban J connectivity index is 2.34. The lowest BCUT2D eigenvalue weighted by Gasteiger charge is -2.08. The van der Waals surface area contributed by atoms with Gasteiger partial charge in [-0.1, -0.05) is 30.0 Å². The van der Waals surface area contributed by atoms with Crippen LogP contribution in [0.2, 0.25) is 0 Å². The molecule has 0 saturated carbocycles. The first kappa shape index (κ1) is 11.8. The van der Waals surface area contributed by atoms with E-state index in [4.69, 9.17) is 5.73 Å². The molecule has 17 heavy (non-hydrogen) atoms. The van der Waals surface area contributed by atoms with Crippen LogP contribution in [0, 0.1) is 0 Å². The maximum absolute atomic E-state index is 9.70. The fraction of sp³-hybridized carbons (Fsp3) is 0.0769. The average Bonchev–Trinajstić information content (AvgIpc) is 2.34. The van der Waals surface area contributed by atoms with E-state index < -0.39 is 0 Å². The Morgan fingerprint density at radius 2 is 1.76 bits per heavy atom. The van der Waals surface area contributed by atoms with Crippen molar-refractivity contribution in [3.05, 3.63) is 48.0 Å². The molecule has 88 valence electrons. The predicted molar refractivity (Wildman–Crippen MR) is 68.2 cm³/mol. The molecule has 0 fully saturated rings. The number of rotatable bonds is 3. The van der Waals surface area contributed by atoms with Crippen LogP contribution in [0.25, 0.3) is 0 Å². The summed E-state index contributed by atoms with van der Waals surface area (Å²) in [4.78, 5) is 1.60. The topological polar surface area (TPSA) is 66.5 Å². The fourth-order valence-corrected chi connectivity index (χ4v) is 2.49. The summed E-state index contributed by atoms with van der Waals surface area (Å²) < 4.78 is 0. The van der Waals surface area contributed by atoms with Crippen LogP contribution in [0.4, 0.5) is 0 Å². The van der Waals surface area contributed by atoms with E-state index in [0.29, 0.717) is 11.4 Å². The largest absolute Gasteiger partial charge is 0.508 e. The average molecular weight is 247 g/mol. The molecule has 0 aromatic heterocycles. The van der Waals surface area contributed by atoms with Gasteiger partial charge in [-0.2, -0.15) is 0 Å². The molecule has 0 heterocycles. The lowest BCUT2D eigenvalue weighted by Crippen LogP contribution is -1.97. The second-order valence-corrected chi connectivity index (χ2v) is 4.65. The number of hydrogen-bond donors (Lipinski definition) is 3. The molecule has 0 saturated heterocycles. The lowest BCUT2D eigenvalue weighted by molar-refractivity contribution is 0.448. The molecule has 0 unspecified atom stereocenters. The fourth-order valence-electron chi connectivity index (χ4n) is 1.48. The number of nitrogens with two attached hydrogens (primary N) is 1. The van der Waals surface area contributed by atoms with Crippen molar-refractivity contribution in [2.75, 3.05) is 0 Å². The Morgan fingerprint density at radius 1 is 1.00 bits per heavy atom. The molecule has 0 atom stereocenters. The zero-order chi connectivity index (χ0) is 12.3. The van der Waals surface area contributed by atoms with Crippen molar-refractivity contribution in [2.24, 2.45) is 5.73 Å². The zero-order valence-electron chi connectivity index (χ0n) is 9.13. The first-order valence-corrected chi connectivity index (χ1v) is 6.00. The molecule has 2 rings (SSSR count). The number of phenols is 2. The van der Waals surface area contributed by atoms with Crippen LogP contribution in [0.5, 0.6) is 11.5 Å². The summed E-state index contributed by atoms with van der Waals surface area (Å²) in [6, 6.07) is 12.2. The second-order valence-electron chi connectivity index (χ2n) is 3.57. The van der Waals surface area contributed by atoms with E-state index in [1.807, 2.05) is 24.3 Å². The van der Waals surface area contributed by atoms with E-state index in [-0.39, 0.29) is 11.5 Å². The molecule has 2 aromatic carbocycles. The molecule has 0 radical (unpaired) electrons. The summed E-state index contributed by atoms with van der Waals surface area (Å²) in [7, 11) is 0. The van der Waals surface area contributed by atoms with Gasteiger partial charge in [0.1, 0.15) is 11.5 Å². The van der Waals surface area contributed by atoms with E-state index in [1.54, 1.807) is 0 Å². The Morgan fingerprint density at radius 3 is 2.53 bits per heavy atom. The van der Waals surface area contributed by atoms with Gasteiger partial charge in [0.15, 0.2) is 0 Å². The smallest absolute Gasteiger partial charge is 0.129 e.